The molecule has 2 heterocycles. The van der Waals surface area contributed by atoms with Gasteiger partial charge in [0.2, 0.25) is 21.8 Å². The standard InChI is InChI=1S/C34H43ClN6O6S/c1-22(2)18-39(48(46,47)26-10-11-27(35)28(36)17-26)20-30(42)29(16-24-8-6-5-7-9-24)38-33(44)32(23(3)4)41-21-31(43)40(34(41)45)19-25-12-14-37-15-13-25/h5-15,17,21-23,29-30,32,42-43H,16,18-20,36H2,1-4H3,(H,38,44)/t29-,30+,32-/m0/s1. The van der Waals surface area contributed by atoms with Crippen LogP contribution in [0.5, 0.6) is 5.88 Å². The summed E-state index contributed by atoms with van der Waals surface area (Å²) in [5.74, 6) is -1.38. The van der Waals surface area contributed by atoms with Crippen molar-refractivity contribution in [1.29, 1.82) is 0 Å². The Kier molecular flexibility index (Phi) is 12.1. The average molecular weight is 699 g/mol. The van der Waals surface area contributed by atoms with Gasteiger partial charge in [0.15, 0.2) is 0 Å². The van der Waals surface area contributed by atoms with Crippen LogP contribution in [-0.2, 0) is 27.8 Å². The molecule has 5 N–H and O–H groups in total. The minimum atomic E-state index is -4.13. The van der Waals surface area contributed by atoms with Crippen molar-refractivity contribution in [3.63, 3.8) is 0 Å². The molecular weight excluding hydrogens is 656 g/mol. The molecule has 1 amide bonds. The predicted octanol–water partition coefficient (Wildman–Crippen LogP) is 3.67. The van der Waals surface area contributed by atoms with E-state index in [9.17, 15) is 28.2 Å². The number of nitrogen functional groups attached to an aromatic ring is 1. The smallest absolute Gasteiger partial charge is 0.332 e. The molecule has 0 radical (unpaired) electrons. The Morgan fingerprint density at radius 2 is 1.69 bits per heavy atom. The van der Waals surface area contributed by atoms with Crippen LogP contribution < -0.4 is 16.7 Å². The first-order valence-electron chi connectivity index (χ1n) is 15.7. The van der Waals surface area contributed by atoms with E-state index >= 15 is 0 Å². The zero-order valence-corrected chi connectivity index (χ0v) is 29.0. The van der Waals surface area contributed by atoms with Gasteiger partial charge in [-0.05, 0) is 59.7 Å². The van der Waals surface area contributed by atoms with E-state index in [0.717, 1.165) is 15.7 Å². The lowest BCUT2D eigenvalue weighted by atomic mass is 9.98. The molecule has 0 saturated heterocycles. The van der Waals surface area contributed by atoms with Gasteiger partial charge in [-0.25, -0.2) is 13.2 Å². The first kappa shape index (κ1) is 36.7. The van der Waals surface area contributed by atoms with Crippen molar-refractivity contribution in [2.45, 2.75) is 63.7 Å². The van der Waals surface area contributed by atoms with Gasteiger partial charge < -0.3 is 21.3 Å². The topological polar surface area (TPSA) is 173 Å². The van der Waals surface area contributed by atoms with Crippen LogP contribution in [0.2, 0.25) is 5.02 Å². The average Bonchev–Trinajstić information content (AvgIpc) is 3.30. The molecule has 12 nitrogen and oxygen atoms in total. The molecule has 2 aromatic heterocycles. The van der Waals surface area contributed by atoms with Crippen LogP contribution in [0.1, 0.15) is 44.9 Å². The maximum atomic E-state index is 14.0. The first-order chi connectivity index (χ1) is 22.7. The maximum absolute atomic E-state index is 14.0. The third-order valence-electron chi connectivity index (χ3n) is 7.93. The normalized spacial score (nSPS) is 13.9. The summed E-state index contributed by atoms with van der Waals surface area (Å²) in [7, 11) is -4.13. The SMILES string of the molecule is CC(C)CN(C[C@@H](O)[C@H](Cc1ccccc1)NC(=O)[C@H](C(C)C)n1cc(O)n(Cc2ccncc2)c1=O)S(=O)(=O)c1ccc(Cl)c(N)c1. The number of anilines is 1. The van der Waals surface area contributed by atoms with E-state index in [-0.39, 0.29) is 53.5 Å². The molecule has 48 heavy (non-hydrogen) atoms. The van der Waals surface area contributed by atoms with E-state index in [2.05, 4.69) is 10.3 Å². The summed E-state index contributed by atoms with van der Waals surface area (Å²) >= 11 is 6.04. The predicted molar refractivity (Wildman–Crippen MR) is 185 cm³/mol. The van der Waals surface area contributed by atoms with E-state index in [4.69, 9.17) is 17.3 Å². The number of imidazole rings is 1. The van der Waals surface area contributed by atoms with Crippen molar-refractivity contribution in [3.05, 3.63) is 106 Å². The largest absolute Gasteiger partial charge is 0.493 e. The molecule has 258 valence electrons. The second-order valence-corrected chi connectivity index (χ2v) is 14.9. The third kappa shape index (κ3) is 8.84. The second kappa shape index (κ2) is 15.8. The number of nitrogens with one attached hydrogen (secondary N) is 1. The number of benzene rings is 2. The van der Waals surface area contributed by atoms with Crippen LogP contribution in [0.3, 0.4) is 0 Å². The number of carbonyl (C=O) groups excluding carboxylic acids is 1. The molecule has 0 saturated carbocycles. The minimum Gasteiger partial charge on any atom is -0.493 e. The molecule has 0 aliphatic rings. The zero-order chi connectivity index (χ0) is 35.2. The van der Waals surface area contributed by atoms with Gasteiger partial charge >= 0.3 is 5.69 Å². The van der Waals surface area contributed by atoms with Crippen molar-refractivity contribution in [2.75, 3.05) is 18.8 Å². The fourth-order valence-electron chi connectivity index (χ4n) is 5.52. The fraction of sp³-hybridized carbons (Fsp3) is 0.382. The minimum absolute atomic E-state index is 0.0708. The van der Waals surface area contributed by atoms with Crippen LogP contribution in [0.25, 0.3) is 0 Å². The highest BCUT2D eigenvalue weighted by Crippen LogP contribution is 2.26. The number of hydrogen-bond donors (Lipinski definition) is 4. The zero-order valence-electron chi connectivity index (χ0n) is 27.4. The number of hydrogen-bond acceptors (Lipinski definition) is 8. The van der Waals surface area contributed by atoms with Gasteiger partial charge in [-0.3, -0.25) is 18.9 Å². The summed E-state index contributed by atoms with van der Waals surface area (Å²) in [6.45, 7) is 7.07. The van der Waals surface area contributed by atoms with Gasteiger partial charge in [0.25, 0.3) is 0 Å². The number of aromatic nitrogens is 3. The third-order valence-corrected chi connectivity index (χ3v) is 10.1. The summed E-state index contributed by atoms with van der Waals surface area (Å²) in [5, 5.41) is 25.5. The van der Waals surface area contributed by atoms with Gasteiger partial charge in [-0.2, -0.15) is 4.31 Å². The lowest BCUT2D eigenvalue weighted by Crippen LogP contribution is -2.53. The second-order valence-electron chi connectivity index (χ2n) is 12.6. The molecule has 4 rings (SSSR count). The molecular formula is C34H43ClN6O6S. The first-order valence-corrected chi connectivity index (χ1v) is 17.5. The fourth-order valence-corrected chi connectivity index (χ4v) is 7.30. The van der Waals surface area contributed by atoms with E-state index in [1.807, 2.05) is 44.2 Å². The van der Waals surface area contributed by atoms with Crippen molar-refractivity contribution < 1.29 is 23.4 Å². The van der Waals surface area contributed by atoms with Crippen LogP contribution in [0, 0.1) is 11.8 Å². The van der Waals surface area contributed by atoms with Crippen molar-refractivity contribution >= 4 is 33.2 Å². The number of sulfonamides is 1. The van der Waals surface area contributed by atoms with Crippen LogP contribution in [0.4, 0.5) is 5.69 Å². The van der Waals surface area contributed by atoms with Crippen LogP contribution >= 0.6 is 11.6 Å². The Balaban J connectivity index is 1.66. The van der Waals surface area contributed by atoms with Gasteiger partial charge in [0.05, 0.1) is 40.5 Å². The maximum Gasteiger partial charge on any atom is 0.332 e. The summed E-state index contributed by atoms with van der Waals surface area (Å²) < 4.78 is 31.2. The molecule has 4 aromatic rings. The molecule has 14 heteroatoms. The summed E-state index contributed by atoms with van der Waals surface area (Å²) in [5.41, 5.74) is 6.96. The van der Waals surface area contributed by atoms with E-state index < -0.39 is 45.7 Å². The highest BCUT2D eigenvalue weighted by atomic mass is 35.5. The van der Waals surface area contributed by atoms with E-state index in [1.54, 1.807) is 38.4 Å². The number of aromatic hydroxyl groups is 1. The van der Waals surface area contributed by atoms with E-state index in [0.29, 0.717) is 0 Å². The van der Waals surface area contributed by atoms with Gasteiger partial charge in [0, 0.05) is 25.5 Å². The number of rotatable bonds is 15. The van der Waals surface area contributed by atoms with Crippen LogP contribution in [-0.4, -0.2) is 68.2 Å². The number of amides is 1. The molecule has 0 fully saturated rings. The van der Waals surface area contributed by atoms with Crippen molar-refractivity contribution in [1.82, 2.24) is 23.7 Å². The number of aliphatic hydroxyl groups is 1. The summed E-state index contributed by atoms with van der Waals surface area (Å²) in [6, 6.07) is 14.6. The van der Waals surface area contributed by atoms with Crippen LogP contribution in [0.15, 0.2) is 88.9 Å². The summed E-state index contributed by atoms with van der Waals surface area (Å²) in [4.78, 5) is 31.5. The molecule has 0 spiro atoms. The number of carbonyl (C=O) groups is 1. The molecule has 0 aliphatic carbocycles. The molecule has 0 unspecified atom stereocenters. The quantitative estimate of drug-likeness (QED) is 0.136. The monoisotopic (exact) mass is 698 g/mol. The Labute approximate surface area is 285 Å². The van der Waals surface area contributed by atoms with Crippen molar-refractivity contribution in [3.8, 4) is 5.88 Å². The Morgan fingerprint density at radius 1 is 1.02 bits per heavy atom. The Morgan fingerprint density at radius 3 is 2.29 bits per heavy atom. The molecule has 3 atom stereocenters. The van der Waals surface area contributed by atoms with E-state index in [1.165, 1.54) is 33.3 Å². The lowest BCUT2D eigenvalue weighted by Gasteiger charge is -2.32. The number of halogens is 1. The Hall–Kier alpha value is -4.17. The molecule has 2 aromatic carbocycles. The lowest BCUT2D eigenvalue weighted by molar-refractivity contribution is -0.127. The van der Waals surface area contributed by atoms with Gasteiger partial charge in [-0.1, -0.05) is 69.6 Å². The van der Waals surface area contributed by atoms with Gasteiger partial charge in [-0.15, -0.1) is 0 Å². The van der Waals surface area contributed by atoms with Gasteiger partial charge in [0.1, 0.15) is 6.04 Å². The molecule has 0 bridgehead atoms. The number of nitrogens with zero attached hydrogens (tertiary/aromatic N) is 4. The number of pyridine rings is 1. The summed E-state index contributed by atoms with van der Waals surface area (Å²) in [6.07, 6.45) is 3.20. The molecule has 0 aliphatic heterocycles. The highest BCUT2D eigenvalue weighted by molar-refractivity contribution is 7.89. The number of nitrogens with two attached hydrogens (primary N) is 1. The van der Waals surface area contributed by atoms with Crippen molar-refractivity contribution in [2.24, 2.45) is 11.8 Å². The Bertz CT molecular complexity index is 1850. The number of aliphatic hydroxyl groups excluding tert-OH is 1. The highest BCUT2D eigenvalue weighted by Gasteiger charge is 2.34.